The van der Waals surface area contributed by atoms with Crippen LogP contribution in [0.1, 0.15) is 38.2 Å². The molecule has 0 aromatic heterocycles. The Kier molecular flexibility index (Phi) is 7.52. The number of carboxylic acid groups (broad SMARTS) is 1. The zero-order chi connectivity index (χ0) is 17.5. The fourth-order valence-corrected chi connectivity index (χ4v) is 3.18. The number of nitrogens with zero attached hydrogens (tertiary/aromatic N) is 1. The number of aliphatic carboxylic acids is 1. The van der Waals surface area contributed by atoms with E-state index >= 15 is 0 Å². The minimum absolute atomic E-state index is 0.295. The summed E-state index contributed by atoms with van der Waals surface area (Å²) in [6, 6.07) is 7.90. The Hall–Kier alpha value is -1.59. The average molecular weight is 323 g/mol. The van der Waals surface area contributed by atoms with Crippen molar-refractivity contribution >= 4 is 5.97 Å². The molecule has 1 aliphatic carbocycles. The number of benzene rings is 1. The Labute approximate surface area is 138 Å². The van der Waals surface area contributed by atoms with Gasteiger partial charge in [0.05, 0.1) is 12.7 Å². The van der Waals surface area contributed by atoms with E-state index in [-0.39, 0.29) is 0 Å². The molecule has 1 aromatic carbocycles. The summed E-state index contributed by atoms with van der Waals surface area (Å²) in [6.45, 7) is 2.01. The molecule has 23 heavy (non-hydrogen) atoms. The second-order valence-electron chi connectivity index (χ2n) is 6.38. The second-order valence-corrected chi connectivity index (χ2v) is 6.38. The summed E-state index contributed by atoms with van der Waals surface area (Å²) in [5.74, 6) is 0.281. The van der Waals surface area contributed by atoms with Gasteiger partial charge in [0.25, 0.3) is 5.97 Å². The van der Waals surface area contributed by atoms with Gasteiger partial charge in [-0.3, -0.25) is 4.79 Å². The van der Waals surface area contributed by atoms with Crippen molar-refractivity contribution in [2.45, 2.75) is 38.2 Å². The molecular formula is C18H29NO4. The molecule has 2 atom stereocenters. The highest BCUT2D eigenvalue weighted by Crippen LogP contribution is 2.42. The summed E-state index contributed by atoms with van der Waals surface area (Å²) in [4.78, 5) is 11.2. The van der Waals surface area contributed by atoms with Gasteiger partial charge in [-0.05, 0) is 44.6 Å². The molecule has 1 aromatic rings. The van der Waals surface area contributed by atoms with E-state index in [9.17, 15) is 5.11 Å². The Morgan fingerprint density at radius 2 is 2.04 bits per heavy atom. The van der Waals surface area contributed by atoms with E-state index in [0.717, 1.165) is 44.0 Å². The van der Waals surface area contributed by atoms with Gasteiger partial charge in [-0.1, -0.05) is 25.0 Å². The van der Waals surface area contributed by atoms with Gasteiger partial charge in [-0.25, -0.2) is 0 Å². The van der Waals surface area contributed by atoms with Crippen molar-refractivity contribution < 1.29 is 19.7 Å². The molecule has 0 radical (unpaired) electrons. The highest BCUT2D eigenvalue weighted by Gasteiger charge is 2.40. The number of hydrogen-bond donors (Lipinski definition) is 2. The molecular weight excluding hydrogens is 294 g/mol. The second kappa shape index (κ2) is 8.89. The van der Waals surface area contributed by atoms with Crippen LogP contribution in [0, 0.1) is 5.92 Å². The first-order valence-corrected chi connectivity index (χ1v) is 8.00. The predicted molar refractivity (Wildman–Crippen MR) is 90.7 cm³/mol. The van der Waals surface area contributed by atoms with Crippen molar-refractivity contribution in [1.82, 2.24) is 4.90 Å². The van der Waals surface area contributed by atoms with Crippen LogP contribution in [-0.4, -0.2) is 48.8 Å². The third kappa shape index (κ3) is 5.84. The van der Waals surface area contributed by atoms with Crippen molar-refractivity contribution in [3.05, 3.63) is 29.8 Å². The van der Waals surface area contributed by atoms with Crippen LogP contribution in [0.15, 0.2) is 24.3 Å². The maximum atomic E-state index is 11.2. The van der Waals surface area contributed by atoms with Gasteiger partial charge >= 0.3 is 0 Å². The molecule has 0 bridgehead atoms. The topological polar surface area (TPSA) is 70.0 Å². The van der Waals surface area contributed by atoms with E-state index in [1.165, 1.54) is 6.42 Å². The highest BCUT2D eigenvalue weighted by molar-refractivity contribution is 5.62. The summed E-state index contributed by atoms with van der Waals surface area (Å²) in [5, 5.41) is 18.6. The lowest BCUT2D eigenvalue weighted by molar-refractivity contribution is -0.134. The van der Waals surface area contributed by atoms with Gasteiger partial charge in [0.1, 0.15) is 5.75 Å². The summed E-state index contributed by atoms with van der Waals surface area (Å²) in [6.07, 6.45) is 4.24. The van der Waals surface area contributed by atoms with Gasteiger partial charge in [-0.15, -0.1) is 0 Å². The molecule has 1 aliphatic rings. The Bertz CT molecular complexity index is 500. The zero-order valence-electron chi connectivity index (χ0n) is 14.6. The number of methoxy groups -OCH3 is 1. The maximum Gasteiger partial charge on any atom is 0.300 e. The number of aliphatic hydroxyl groups is 1. The summed E-state index contributed by atoms with van der Waals surface area (Å²) < 4.78 is 5.29. The lowest BCUT2D eigenvalue weighted by atomic mass is 9.71. The van der Waals surface area contributed by atoms with Gasteiger partial charge in [0.2, 0.25) is 0 Å². The first-order valence-electron chi connectivity index (χ1n) is 8.00. The third-order valence-corrected chi connectivity index (χ3v) is 4.19. The van der Waals surface area contributed by atoms with Gasteiger partial charge < -0.3 is 19.8 Å². The minimum Gasteiger partial charge on any atom is -0.497 e. The lowest BCUT2D eigenvalue weighted by Crippen LogP contribution is -2.43. The van der Waals surface area contributed by atoms with Crippen LogP contribution < -0.4 is 4.74 Å². The SMILES string of the molecule is CC(=O)O.COc1cccc([C@@]2(O)CCCC[C@@H]2CN(C)C)c1. The molecule has 0 heterocycles. The Morgan fingerprint density at radius 3 is 2.61 bits per heavy atom. The van der Waals surface area contributed by atoms with Crippen LogP contribution >= 0.6 is 0 Å². The number of rotatable bonds is 4. The van der Waals surface area contributed by atoms with Crippen molar-refractivity contribution in [1.29, 1.82) is 0 Å². The van der Waals surface area contributed by atoms with Crippen molar-refractivity contribution in [2.24, 2.45) is 5.92 Å². The van der Waals surface area contributed by atoms with Crippen LogP contribution in [0.5, 0.6) is 5.75 Å². The van der Waals surface area contributed by atoms with Crippen molar-refractivity contribution in [3.8, 4) is 5.75 Å². The van der Waals surface area contributed by atoms with E-state index in [2.05, 4.69) is 19.0 Å². The largest absolute Gasteiger partial charge is 0.497 e. The molecule has 5 nitrogen and oxygen atoms in total. The third-order valence-electron chi connectivity index (χ3n) is 4.19. The Balaban J connectivity index is 0.000000593. The summed E-state index contributed by atoms with van der Waals surface area (Å²) in [5.41, 5.74) is 0.287. The number of hydrogen-bond acceptors (Lipinski definition) is 4. The first-order chi connectivity index (χ1) is 10.8. The number of carboxylic acids is 1. The van der Waals surface area contributed by atoms with Gasteiger partial charge in [-0.2, -0.15) is 0 Å². The van der Waals surface area contributed by atoms with Crippen LogP contribution in [0.4, 0.5) is 0 Å². The molecule has 0 unspecified atom stereocenters. The van der Waals surface area contributed by atoms with Crippen molar-refractivity contribution in [3.63, 3.8) is 0 Å². The Morgan fingerprint density at radius 1 is 1.39 bits per heavy atom. The van der Waals surface area contributed by atoms with Gasteiger partial charge in [0.15, 0.2) is 0 Å². The molecule has 1 fully saturated rings. The fourth-order valence-electron chi connectivity index (χ4n) is 3.18. The first kappa shape index (κ1) is 19.5. The summed E-state index contributed by atoms with van der Waals surface area (Å²) in [7, 11) is 5.81. The van der Waals surface area contributed by atoms with Crippen LogP contribution in [-0.2, 0) is 10.4 Å². The van der Waals surface area contributed by atoms with Crippen LogP contribution in [0.2, 0.25) is 0 Å². The maximum absolute atomic E-state index is 11.2. The standard InChI is InChI=1S/C16H25NO2.C2H4O2/c1-17(2)12-14-7-4-5-10-16(14,18)13-8-6-9-15(11-13)19-3;1-2(3)4/h6,8-9,11,14,18H,4-5,7,10,12H2,1-3H3;1H3,(H,3,4)/t14-,16+;/m1./s1. The summed E-state index contributed by atoms with van der Waals surface area (Å²) >= 11 is 0. The highest BCUT2D eigenvalue weighted by atomic mass is 16.5. The molecule has 2 N–H and O–H groups in total. The predicted octanol–water partition coefficient (Wildman–Crippen LogP) is 2.73. The van der Waals surface area contributed by atoms with Crippen LogP contribution in [0.3, 0.4) is 0 Å². The molecule has 130 valence electrons. The normalized spacial score (nSPS) is 23.8. The lowest BCUT2D eigenvalue weighted by Gasteiger charge is -2.41. The number of ether oxygens (including phenoxy) is 1. The fraction of sp³-hybridized carbons (Fsp3) is 0.611. The molecule has 0 amide bonds. The zero-order valence-corrected chi connectivity index (χ0v) is 14.6. The average Bonchev–Trinajstić information content (AvgIpc) is 2.49. The molecule has 1 saturated carbocycles. The van der Waals surface area contributed by atoms with E-state index < -0.39 is 11.6 Å². The van der Waals surface area contributed by atoms with E-state index in [1.807, 2.05) is 24.3 Å². The van der Waals surface area contributed by atoms with E-state index in [0.29, 0.717) is 5.92 Å². The monoisotopic (exact) mass is 323 g/mol. The quantitative estimate of drug-likeness (QED) is 0.891. The molecule has 0 saturated heterocycles. The molecule has 0 aliphatic heterocycles. The molecule has 2 rings (SSSR count). The van der Waals surface area contributed by atoms with Crippen LogP contribution in [0.25, 0.3) is 0 Å². The molecule has 0 spiro atoms. The van der Waals surface area contributed by atoms with Crippen molar-refractivity contribution in [2.75, 3.05) is 27.7 Å². The minimum atomic E-state index is -0.833. The van der Waals surface area contributed by atoms with E-state index in [1.54, 1.807) is 7.11 Å². The molecule has 5 heteroatoms. The smallest absolute Gasteiger partial charge is 0.300 e. The van der Waals surface area contributed by atoms with E-state index in [4.69, 9.17) is 14.6 Å². The number of carbonyl (C=O) groups is 1. The van der Waals surface area contributed by atoms with Gasteiger partial charge in [0, 0.05) is 19.4 Å².